The van der Waals surface area contributed by atoms with Crippen molar-refractivity contribution in [2.45, 2.75) is 64.0 Å². The molecule has 1 aromatic heterocycles. The molecule has 1 fully saturated rings. The number of likely N-dealkylation sites (tertiary alicyclic amines) is 1. The second-order valence-electron chi connectivity index (χ2n) is 5.84. The minimum absolute atomic E-state index is 0.225. The Hall–Kier alpha value is -0.420. The summed E-state index contributed by atoms with van der Waals surface area (Å²) in [5, 5.41) is 2.16. The molecule has 1 unspecified atom stereocenters. The first-order valence-corrected chi connectivity index (χ1v) is 8.88. The van der Waals surface area contributed by atoms with E-state index in [2.05, 4.69) is 41.7 Å². The Morgan fingerprint density at radius 2 is 2.05 bits per heavy atom. The summed E-state index contributed by atoms with van der Waals surface area (Å²) in [5.41, 5.74) is 3.37. The molecule has 1 aromatic rings. The molecule has 114 valence electrons. The Balaban J connectivity index is 2.07. The molecule has 2 rings (SSSR count). The zero-order chi connectivity index (χ0) is 14.4. The normalized spacial score (nSPS) is 18.6. The maximum atomic E-state index is 5.94. The van der Waals surface area contributed by atoms with Gasteiger partial charge in [0.1, 0.15) is 0 Å². The number of rotatable bonds is 8. The fourth-order valence-corrected chi connectivity index (χ4v) is 4.55. The molecule has 1 atom stereocenters. The van der Waals surface area contributed by atoms with Crippen LogP contribution in [0.1, 0.15) is 50.8 Å². The van der Waals surface area contributed by atoms with E-state index >= 15 is 0 Å². The molecule has 3 N–H and O–H groups in total. The lowest BCUT2D eigenvalue weighted by molar-refractivity contribution is 0.0588. The third-order valence-corrected chi connectivity index (χ3v) is 6.01. The predicted octanol–water partition coefficient (Wildman–Crippen LogP) is 3.17. The molecule has 1 saturated heterocycles. The van der Waals surface area contributed by atoms with Crippen molar-refractivity contribution < 1.29 is 0 Å². The summed E-state index contributed by atoms with van der Waals surface area (Å²) in [6.45, 7) is 7.10. The summed E-state index contributed by atoms with van der Waals surface area (Å²) in [7, 11) is 0. The largest absolute Gasteiger partial charge is 0.296 e. The van der Waals surface area contributed by atoms with Gasteiger partial charge in [0.15, 0.2) is 0 Å². The van der Waals surface area contributed by atoms with Crippen LogP contribution in [-0.4, -0.2) is 29.6 Å². The van der Waals surface area contributed by atoms with Crippen LogP contribution in [0, 0.1) is 0 Å². The van der Waals surface area contributed by atoms with Crippen LogP contribution in [0.2, 0.25) is 0 Å². The highest BCUT2D eigenvalue weighted by Gasteiger charge is 2.41. The maximum Gasteiger partial charge on any atom is 0.0398 e. The van der Waals surface area contributed by atoms with Gasteiger partial charge in [-0.25, -0.2) is 0 Å². The summed E-state index contributed by atoms with van der Waals surface area (Å²) >= 11 is 1.85. The van der Waals surface area contributed by atoms with Gasteiger partial charge in [-0.3, -0.25) is 16.2 Å². The number of hydrogen-bond donors (Lipinski definition) is 2. The molecule has 0 bridgehead atoms. The van der Waals surface area contributed by atoms with E-state index in [1.807, 2.05) is 11.3 Å². The molecular weight excluding hydrogens is 266 g/mol. The Bertz CT molecular complexity index is 367. The number of nitrogens with one attached hydrogen (secondary N) is 1. The quantitative estimate of drug-likeness (QED) is 0.572. The van der Waals surface area contributed by atoms with Gasteiger partial charge in [0, 0.05) is 16.5 Å². The minimum Gasteiger partial charge on any atom is -0.296 e. The molecule has 2 heterocycles. The molecule has 1 aliphatic rings. The van der Waals surface area contributed by atoms with Gasteiger partial charge in [-0.05, 0) is 63.1 Å². The Morgan fingerprint density at radius 3 is 2.55 bits per heavy atom. The lowest BCUT2D eigenvalue weighted by atomic mass is 9.80. The van der Waals surface area contributed by atoms with Crippen LogP contribution in [0.4, 0.5) is 0 Å². The molecule has 0 aliphatic carbocycles. The summed E-state index contributed by atoms with van der Waals surface area (Å²) < 4.78 is 0. The highest BCUT2D eigenvalue weighted by Crippen LogP contribution is 2.33. The minimum atomic E-state index is 0.225. The smallest absolute Gasteiger partial charge is 0.0398 e. The molecule has 0 saturated carbocycles. The maximum absolute atomic E-state index is 5.94. The van der Waals surface area contributed by atoms with E-state index in [1.165, 1.54) is 43.6 Å². The van der Waals surface area contributed by atoms with Crippen molar-refractivity contribution >= 4 is 11.3 Å². The van der Waals surface area contributed by atoms with Crippen LogP contribution in [-0.2, 0) is 6.42 Å². The zero-order valence-electron chi connectivity index (χ0n) is 12.9. The number of aryl methyl sites for hydroxylation is 1. The van der Waals surface area contributed by atoms with Crippen molar-refractivity contribution in [3.8, 4) is 0 Å². The Labute approximate surface area is 127 Å². The lowest BCUT2D eigenvalue weighted by Crippen LogP contribution is -2.61. The van der Waals surface area contributed by atoms with Crippen LogP contribution >= 0.6 is 11.3 Å². The number of hydrogen-bond acceptors (Lipinski definition) is 4. The van der Waals surface area contributed by atoms with Crippen molar-refractivity contribution in [2.24, 2.45) is 5.84 Å². The first-order chi connectivity index (χ1) is 9.76. The third kappa shape index (κ3) is 3.25. The lowest BCUT2D eigenvalue weighted by Gasteiger charge is -2.46. The van der Waals surface area contributed by atoms with E-state index in [0.29, 0.717) is 6.04 Å². The Kier molecular flexibility index (Phi) is 6.02. The Morgan fingerprint density at radius 1 is 1.35 bits per heavy atom. The summed E-state index contributed by atoms with van der Waals surface area (Å²) in [4.78, 5) is 4.15. The summed E-state index contributed by atoms with van der Waals surface area (Å²) in [6.07, 6.45) is 7.26. The molecular formula is C16H29N3S. The third-order valence-electron chi connectivity index (χ3n) is 5.07. The fourth-order valence-electron chi connectivity index (χ4n) is 3.82. The highest BCUT2D eigenvalue weighted by atomic mass is 32.1. The molecule has 0 radical (unpaired) electrons. The van der Waals surface area contributed by atoms with Crippen molar-refractivity contribution in [2.75, 3.05) is 13.1 Å². The van der Waals surface area contributed by atoms with Crippen molar-refractivity contribution in [1.82, 2.24) is 10.3 Å². The second kappa shape index (κ2) is 7.55. The molecule has 3 nitrogen and oxygen atoms in total. The van der Waals surface area contributed by atoms with Crippen molar-refractivity contribution in [3.63, 3.8) is 0 Å². The van der Waals surface area contributed by atoms with Crippen LogP contribution in [0.3, 0.4) is 0 Å². The van der Waals surface area contributed by atoms with Gasteiger partial charge in [0.2, 0.25) is 0 Å². The number of nitrogens with zero attached hydrogens (tertiary/aromatic N) is 1. The summed E-state index contributed by atoms with van der Waals surface area (Å²) in [5.74, 6) is 5.94. The zero-order valence-corrected chi connectivity index (χ0v) is 13.7. The number of nitrogens with two attached hydrogens (primary N) is 1. The van der Waals surface area contributed by atoms with Gasteiger partial charge in [0.25, 0.3) is 0 Å². The van der Waals surface area contributed by atoms with Crippen molar-refractivity contribution in [3.05, 3.63) is 22.4 Å². The average molecular weight is 295 g/mol. The van der Waals surface area contributed by atoms with Gasteiger partial charge in [-0.2, -0.15) is 0 Å². The molecule has 20 heavy (non-hydrogen) atoms. The van der Waals surface area contributed by atoms with E-state index in [1.54, 1.807) is 0 Å². The van der Waals surface area contributed by atoms with Gasteiger partial charge >= 0.3 is 0 Å². The predicted molar refractivity (Wildman–Crippen MR) is 87.9 cm³/mol. The fraction of sp³-hybridized carbons (Fsp3) is 0.750. The van der Waals surface area contributed by atoms with Crippen LogP contribution in [0.5, 0.6) is 0 Å². The van der Waals surface area contributed by atoms with E-state index < -0.39 is 0 Å². The van der Waals surface area contributed by atoms with Crippen LogP contribution < -0.4 is 11.3 Å². The average Bonchev–Trinajstić information content (AvgIpc) is 3.16. The monoisotopic (exact) mass is 295 g/mol. The highest BCUT2D eigenvalue weighted by molar-refractivity contribution is 7.09. The SMILES string of the molecule is CCC(CC)(C(CCc1cccs1)NN)N1CCCC1. The van der Waals surface area contributed by atoms with Crippen LogP contribution in [0.25, 0.3) is 0 Å². The molecule has 0 spiro atoms. The molecule has 0 amide bonds. The number of hydrazine groups is 1. The van der Waals surface area contributed by atoms with Crippen molar-refractivity contribution in [1.29, 1.82) is 0 Å². The molecule has 1 aliphatic heterocycles. The summed E-state index contributed by atoms with van der Waals surface area (Å²) in [6, 6.07) is 4.74. The first-order valence-electron chi connectivity index (χ1n) is 8.00. The van der Waals surface area contributed by atoms with Gasteiger partial charge in [0.05, 0.1) is 0 Å². The van der Waals surface area contributed by atoms with E-state index in [9.17, 15) is 0 Å². The van der Waals surface area contributed by atoms with Gasteiger partial charge < -0.3 is 0 Å². The van der Waals surface area contributed by atoms with Crippen LogP contribution in [0.15, 0.2) is 17.5 Å². The second-order valence-corrected chi connectivity index (χ2v) is 6.87. The van der Waals surface area contributed by atoms with Gasteiger partial charge in [-0.15, -0.1) is 11.3 Å². The first kappa shape index (κ1) is 16.0. The topological polar surface area (TPSA) is 41.3 Å². The molecule has 0 aromatic carbocycles. The molecule has 4 heteroatoms. The van der Waals surface area contributed by atoms with E-state index in [4.69, 9.17) is 5.84 Å². The van der Waals surface area contributed by atoms with E-state index in [0.717, 1.165) is 12.8 Å². The standard InChI is InChI=1S/C16H29N3S/c1-3-16(4-2,19-11-5-6-12-19)15(18-17)10-9-14-8-7-13-20-14/h7-8,13,15,18H,3-6,9-12,17H2,1-2H3. The van der Waals surface area contributed by atoms with E-state index in [-0.39, 0.29) is 5.54 Å². The number of thiophene rings is 1. The van der Waals surface area contributed by atoms with Gasteiger partial charge in [-0.1, -0.05) is 19.9 Å².